The number of rotatable bonds is 6. The van der Waals surface area contributed by atoms with Gasteiger partial charge in [0.15, 0.2) is 5.69 Å². The molecule has 134 valence electrons. The molecule has 26 heavy (non-hydrogen) atoms. The number of ether oxygens (including phenoxy) is 1. The number of aryl methyl sites for hydroxylation is 2. The fourth-order valence-electron chi connectivity index (χ4n) is 2.40. The van der Waals surface area contributed by atoms with E-state index >= 15 is 0 Å². The third kappa shape index (κ3) is 4.27. The predicted octanol–water partition coefficient (Wildman–Crippen LogP) is 3.94. The second-order valence-electron chi connectivity index (χ2n) is 5.98. The molecule has 3 aromatic rings. The van der Waals surface area contributed by atoms with E-state index in [2.05, 4.69) is 10.5 Å². The Morgan fingerprint density at radius 1 is 1.12 bits per heavy atom. The van der Waals surface area contributed by atoms with E-state index in [0.29, 0.717) is 17.1 Å². The van der Waals surface area contributed by atoms with Gasteiger partial charge in [-0.1, -0.05) is 35.0 Å². The highest BCUT2D eigenvalue weighted by Gasteiger charge is 2.20. The van der Waals surface area contributed by atoms with E-state index in [9.17, 15) is 9.18 Å². The molecule has 6 heteroatoms. The largest absolute Gasteiger partial charge is 0.489 e. The fourth-order valence-corrected chi connectivity index (χ4v) is 2.40. The van der Waals surface area contributed by atoms with Crippen molar-refractivity contribution in [3.63, 3.8) is 0 Å². The zero-order valence-electron chi connectivity index (χ0n) is 14.6. The van der Waals surface area contributed by atoms with Gasteiger partial charge >= 0.3 is 0 Å². The summed E-state index contributed by atoms with van der Waals surface area (Å²) in [5.74, 6) is 0.550. The summed E-state index contributed by atoms with van der Waals surface area (Å²) < 4.78 is 23.8. The number of nitrogens with one attached hydrogen (secondary N) is 1. The van der Waals surface area contributed by atoms with E-state index in [4.69, 9.17) is 9.26 Å². The molecule has 0 unspecified atom stereocenters. The lowest BCUT2D eigenvalue weighted by Crippen LogP contribution is -2.24. The van der Waals surface area contributed by atoms with Gasteiger partial charge < -0.3 is 14.6 Å². The van der Waals surface area contributed by atoms with Crippen molar-refractivity contribution in [2.75, 3.05) is 0 Å². The third-order valence-corrected chi connectivity index (χ3v) is 3.97. The maximum absolute atomic E-state index is 12.9. The second-order valence-corrected chi connectivity index (χ2v) is 5.98. The Bertz CT molecular complexity index is 886. The molecule has 0 atom stereocenters. The normalized spacial score (nSPS) is 10.6. The van der Waals surface area contributed by atoms with Gasteiger partial charge in [0.1, 0.15) is 23.9 Å². The van der Waals surface area contributed by atoms with Crippen LogP contribution < -0.4 is 10.1 Å². The Morgan fingerprint density at radius 2 is 1.81 bits per heavy atom. The minimum absolute atomic E-state index is 0.178. The number of amides is 1. The molecule has 1 aromatic heterocycles. The van der Waals surface area contributed by atoms with Crippen LogP contribution in [0.1, 0.15) is 32.9 Å². The van der Waals surface area contributed by atoms with Crippen LogP contribution in [0.5, 0.6) is 5.75 Å². The number of aromatic nitrogens is 1. The summed E-state index contributed by atoms with van der Waals surface area (Å²) in [5.41, 5.74) is 2.72. The van der Waals surface area contributed by atoms with E-state index in [1.54, 1.807) is 19.1 Å². The molecule has 1 heterocycles. The molecule has 1 amide bonds. The number of benzene rings is 2. The summed E-state index contributed by atoms with van der Waals surface area (Å²) in [6.07, 6.45) is 0. The highest BCUT2D eigenvalue weighted by molar-refractivity contribution is 5.93. The van der Waals surface area contributed by atoms with Gasteiger partial charge in [0.25, 0.3) is 5.91 Å². The minimum atomic E-state index is -0.367. The molecular weight excluding hydrogens is 335 g/mol. The standard InChI is InChI=1S/C20H19FN2O3/c1-13-3-9-17(10-4-13)25-12-18-14(2)26-23-19(18)20(24)22-11-15-5-7-16(21)8-6-15/h3-10H,11-12H2,1-2H3,(H,22,24). The number of hydrogen-bond acceptors (Lipinski definition) is 4. The van der Waals surface area contributed by atoms with Gasteiger partial charge in [0.2, 0.25) is 0 Å². The first kappa shape index (κ1) is 17.7. The average molecular weight is 354 g/mol. The molecule has 0 saturated carbocycles. The lowest BCUT2D eigenvalue weighted by atomic mass is 10.2. The molecular formula is C20H19FN2O3. The van der Waals surface area contributed by atoms with Crippen LogP contribution in [0.2, 0.25) is 0 Å². The van der Waals surface area contributed by atoms with Gasteiger partial charge in [0.05, 0.1) is 5.56 Å². The highest BCUT2D eigenvalue weighted by atomic mass is 19.1. The minimum Gasteiger partial charge on any atom is -0.489 e. The van der Waals surface area contributed by atoms with E-state index in [1.807, 2.05) is 31.2 Å². The van der Waals surface area contributed by atoms with Crippen LogP contribution in [-0.2, 0) is 13.2 Å². The van der Waals surface area contributed by atoms with E-state index in [0.717, 1.165) is 11.1 Å². The summed E-state index contributed by atoms with van der Waals surface area (Å²) in [4.78, 5) is 12.4. The van der Waals surface area contributed by atoms with Crippen molar-refractivity contribution in [1.82, 2.24) is 10.5 Å². The fraction of sp³-hybridized carbons (Fsp3) is 0.200. The average Bonchev–Trinajstić information content (AvgIpc) is 3.01. The van der Waals surface area contributed by atoms with Crippen LogP contribution in [0.25, 0.3) is 0 Å². The molecule has 0 saturated heterocycles. The van der Waals surface area contributed by atoms with E-state index in [1.165, 1.54) is 12.1 Å². The van der Waals surface area contributed by atoms with Crippen molar-refractivity contribution in [1.29, 1.82) is 0 Å². The molecule has 3 rings (SSSR count). The lowest BCUT2D eigenvalue weighted by molar-refractivity contribution is 0.0939. The Balaban J connectivity index is 1.65. The topological polar surface area (TPSA) is 64.4 Å². The number of nitrogens with zero attached hydrogens (tertiary/aromatic N) is 1. The zero-order chi connectivity index (χ0) is 18.5. The Hall–Kier alpha value is -3.15. The Morgan fingerprint density at radius 3 is 2.50 bits per heavy atom. The molecule has 0 spiro atoms. The third-order valence-electron chi connectivity index (χ3n) is 3.97. The molecule has 0 aliphatic rings. The van der Waals surface area contributed by atoms with Crippen LogP contribution in [0, 0.1) is 19.7 Å². The maximum atomic E-state index is 12.9. The maximum Gasteiger partial charge on any atom is 0.274 e. The van der Waals surface area contributed by atoms with Crippen LogP contribution in [0.3, 0.4) is 0 Å². The van der Waals surface area contributed by atoms with Crippen molar-refractivity contribution < 1.29 is 18.4 Å². The first-order valence-corrected chi connectivity index (χ1v) is 8.20. The summed E-state index contributed by atoms with van der Waals surface area (Å²) >= 11 is 0. The van der Waals surface area contributed by atoms with Gasteiger partial charge in [-0.3, -0.25) is 4.79 Å². The van der Waals surface area contributed by atoms with Crippen LogP contribution in [0.15, 0.2) is 53.1 Å². The molecule has 0 radical (unpaired) electrons. The highest BCUT2D eigenvalue weighted by Crippen LogP contribution is 2.18. The molecule has 5 nitrogen and oxygen atoms in total. The monoisotopic (exact) mass is 354 g/mol. The van der Waals surface area contributed by atoms with Gasteiger partial charge in [-0.25, -0.2) is 4.39 Å². The van der Waals surface area contributed by atoms with Gasteiger partial charge in [0, 0.05) is 6.54 Å². The molecule has 1 N–H and O–H groups in total. The number of halogens is 1. The smallest absolute Gasteiger partial charge is 0.274 e. The van der Waals surface area contributed by atoms with Crippen molar-refractivity contribution in [3.8, 4) is 5.75 Å². The number of hydrogen-bond donors (Lipinski definition) is 1. The molecule has 0 fully saturated rings. The Labute approximate surface area is 150 Å². The van der Waals surface area contributed by atoms with Gasteiger partial charge in [-0.2, -0.15) is 0 Å². The number of carbonyl (C=O) groups excluding carboxylic acids is 1. The van der Waals surface area contributed by atoms with Crippen LogP contribution in [0.4, 0.5) is 4.39 Å². The molecule has 2 aromatic carbocycles. The molecule has 0 aliphatic carbocycles. The van der Waals surface area contributed by atoms with Crippen molar-refractivity contribution in [3.05, 3.63) is 82.5 Å². The summed E-state index contributed by atoms with van der Waals surface area (Å²) in [5, 5.41) is 6.60. The quantitative estimate of drug-likeness (QED) is 0.728. The summed E-state index contributed by atoms with van der Waals surface area (Å²) in [6.45, 7) is 4.18. The van der Waals surface area contributed by atoms with Crippen molar-refractivity contribution in [2.24, 2.45) is 0 Å². The lowest BCUT2D eigenvalue weighted by Gasteiger charge is -2.08. The van der Waals surface area contributed by atoms with Crippen LogP contribution in [-0.4, -0.2) is 11.1 Å². The number of carbonyl (C=O) groups is 1. The zero-order valence-corrected chi connectivity index (χ0v) is 14.6. The van der Waals surface area contributed by atoms with Crippen molar-refractivity contribution >= 4 is 5.91 Å². The Kier molecular flexibility index (Phi) is 5.31. The molecule has 0 bridgehead atoms. The summed E-state index contributed by atoms with van der Waals surface area (Å²) in [6, 6.07) is 13.6. The second kappa shape index (κ2) is 7.82. The van der Waals surface area contributed by atoms with Gasteiger partial charge in [-0.15, -0.1) is 0 Å². The first-order chi connectivity index (χ1) is 12.5. The van der Waals surface area contributed by atoms with Crippen molar-refractivity contribution in [2.45, 2.75) is 27.0 Å². The van der Waals surface area contributed by atoms with Gasteiger partial charge in [-0.05, 0) is 43.7 Å². The van der Waals surface area contributed by atoms with Crippen LogP contribution >= 0.6 is 0 Å². The molecule has 0 aliphatic heterocycles. The van der Waals surface area contributed by atoms with E-state index < -0.39 is 0 Å². The first-order valence-electron chi connectivity index (χ1n) is 8.20. The predicted molar refractivity (Wildman–Crippen MR) is 94.3 cm³/mol. The van der Waals surface area contributed by atoms with E-state index in [-0.39, 0.29) is 30.6 Å². The summed E-state index contributed by atoms with van der Waals surface area (Å²) in [7, 11) is 0. The SMILES string of the molecule is Cc1ccc(OCc2c(C(=O)NCc3ccc(F)cc3)noc2C)cc1.